The summed E-state index contributed by atoms with van der Waals surface area (Å²) in [6, 6.07) is 5.62. The Bertz CT molecular complexity index is 693. The molecule has 4 nitrogen and oxygen atoms in total. The molecule has 0 aliphatic carbocycles. The van der Waals surface area contributed by atoms with Gasteiger partial charge in [-0.05, 0) is 36.8 Å². The predicted molar refractivity (Wildman–Crippen MR) is 154 cm³/mol. The molecule has 0 bridgehead atoms. The van der Waals surface area contributed by atoms with Crippen molar-refractivity contribution in [2.75, 3.05) is 17.6 Å². The van der Waals surface area contributed by atoms with Gasteiger partial charge in [-0.1, -0.05) is 111 Å². The maximum atomic E-state index is 12.6. The number of rotatable bonds is 22. The molecule has 0 radical (unpaired) electrons. The summed E-state index contributed by atoms with van der Waals surface area (Å²) in [5.74, 6) is 0.892. The van der Waals surface area contributed by atoms with Gasteiger partial charge in [-0.2, -0.15) is 0 Å². The van der Waals surface area contributed by atoms with Gasteiger partial charge >= 0.3 is 0 Å². The molecular formula is C30H52N2O2S. The van der Waals surface area contributed by atoms with Crippen LogP contribution < -0.4 is 10.6 Å². The lowest BCUT2D eigenvalue weighted by Crippen LogP contribution is -2.24. The van der Waals surface area contributed by atoms with Gasteiger partial charge in [-0.3, -0.25) is 9.59 Å². The molecule has 0 atom stereocenters. The zero-order valence-electron chi connectivity index (χ0n) is 22.9. The Morgan fingerprint density at radius 1 is 0.714 bits per heavy atom. The number of unbranched alkanes of at least 4 members (excludes halogenated alkanes) is 14. The molecule has 0 saturated heterocycles. The number of thioether (sulfide) groups is 1. The number of carbonyl (C=O) groups excluding carboxylic acids is 2. The van der Waals surface area contributed by atoms with Crippen LogP contribution >= 0.6 is 11.8 Å². The van der Waals surface area contributed by atoms with Crippen LogP contribution in [-0.4, -0.2) is 24.1 Å². The van der Waals surface area contributed by atoms with Gasteiger partial charge in [0.05, 0.1) is 5.69 Å². The molecule has 35 heavy (non-hydrogen) atoms. The Hall–Kier alpha value is -1.49. The van der Waals surface area contributed by atoms with Crippen molar-refractivity contribution in [1.29, 1.82) is 0 Å². The van der Waals surface area contributed by atoms with Crippen LogP contribution in [-0.2, 0) is 4.79 Å². The molecule has 0 unspecified atom stereocenters. The van der Waals surface area contributed by atoms with Crippen molar-refractivity contribution >= 4 is 29.3 Å². The summed E-state index contributed by atoms with van der Waals surface area (Å²) in [5.41, 5.74) is 1.36. The molecule has 0 spiro atoms. The maximum absolute atomic E-state index is 12.6. The minimum atomic E-state index is -0.0750. The molecular weight excluding hydrogens is 452 g/mol. The minimum Gasteiger partial charge on any atom is -0.352 e. The van der Waals surface area contributed by atoms with Crippen LogP contribution in [0, 0.1) is 0 Å². The molecule has 2 N–H and O–H groups in total. The molecule has 1 aromatic carbocycles. The molecule has 0 aliphatic heterocycles. The van der Waals surface area contributed by atoms with Crippen LogP contribution in [0.25, 0.3) is 0 Å². The van der Waals surface area contributed by atoms with Crippen LogP contribution in [0.2, 0.25) is 0 Å². The van der Waals surface area contributed by atoms with E-state index in [0.717, 1.165) is 42.0 Å². The van der Waals surface area contributed by atoms with E-state index >= 15 is 0 Å². The highest BCUT2D eigenvalue weighted by Gasteiger charge is 2.12. The molecule has 0 aromatic heterocycles. The topological polar surface area (TPSA) is 58.2 Å². The second-order valence-electron chi connectivity index (χ2n) is 9.65. The first-order valence-electron chi connectivity index (χ1n) is 14.5. The standard InChI is InChI=1S/C30H52N2O2S/c1-4-7-9-10-11-12-13-14-15-16-17-18-19-20-21-29(33)32-27-25-26(22-23-28(27)35-6-3)30(34)31-24-8-5-2/h22-23,25H,4-21,24H2,1-3H3,(H,31,34)(H,32,33). The highest BCUT2D eigenvalue weighted by Crippen LogP contribution is 2.28. The lowest BCUT2D eigenvalue weighted by Gasteiger charge is -2.13. The van der Waals surface area contributed by atoms with E-state index in [0.29, 0.717) is 18.5 Å². The van der Waals surface area contributed by atoms with Gasteiger partial charge in [0.15, 0.2) is 0 Å². The molecule has 2 amide bonds. The van der Waals surface area contributed by atoms with Crippen molar-refractivity contribution < 1.29 is 9.59 Å². The number of amides is 2. The summed E-state index contributed by atoms with van der Waals surface area (Å²) in [7, 11) is 0. The SMILES string of the molecule is CCCCCCCCCCCCCCCCC(=O)Nc1cc(C(=O)NCCCC)ccc1SCC. The molecule has 0 fully saturated rings. The van der Waals surface area contributed by atoms with Gasteiger partial charge in [-0.15, -0.1) is 11.8 Å². The van der Waals surface area contributed by atoms with E-state index in [-0.39, 0.29) is 11.8 Å². The van der Waals surface area contributed by atoms with Gasteiger partial charge < -0.3 is 10.6 Å². The fourth-order valence-corrected chi connectivity index (χ4v) is 4.96. The first kappa shape index (κ1) is 31.5. The zero-order valence-corrected chi connectivity index (χ0v) is 23.7. The Labute approximate surface area is 220 Å². The first-order chi connectivity index (χ1) is 17.1. The number of hydrogen-bond donors (Lipinski definition) is 2. The van der Waals surface area contributed by atoms with E-state index in [4.69, 9.17) is 0 Å². The number of anilines is 1. The molecule has 5 heteroatoms. The van der Waals surface area contributed by atoms with Gasteiger partial charge in [-0.25, -0.2) is 0 Å². The second kappa shape index (κ2) is 21.8. The van der Waals surface area contributed by atoms with Crippen LogP contribution in [0.4, 0.5) is 5.69 Å². The van der Waals surface area contributed by atoms with Crippen molar-refractivity contribution in [3.8, 4) is 0 Å². The predicted octanol–water partition coefficient (Wildman–Crippen LogP) is 9.14. The van der Waals surface area contributed by atoms with E-state index in [9.17, 15) is 9.59 Å². The quantitative estimate of drug-likeness (QED) is 0.122. The molecule has 0 heterocycles. The number of benzene rings is 1. The third kappa shape index (κ3) is 16.0. The van der Waals surface area contributed by atoms with E-state index in [1.165, 1.54) is 77.0 Å². The van der Waals surface area contributed by atoms with Crippen molar-refractivity contribution in [1.82, 2.24) is 5.32 Å². The summed E-state index contributed by atoms with van der Waals surface area (Å²) >= 11 is 1.69. The summed E-state index contributed by atoms with van der Waals surface area (Å²) in [5, 5.41) is 6.02. The number of carbonyl (C=O) groups is 2. The summed E-state index contributed by atoms with van der Waals surface area (Å²) in [6.07, 6.45) is 20.9. The lowest BCUT2D eigenvalue weighted by molar-refractivity contribution is -0.116. The monoisotopic (exact) mass is 504 g/mol. The third-order valence-corrected chi connectivity index (χ3v) is 7.34. The molecule has 1 rings (SSSR count). The van der Waals surface area contributed by atoms with Crippen molar-refractivity contribution in [3.63, 3.8) is 0 Å². The Balaban J connectivity index is 2.22. The van der Waals surface area contributed by atoms with Gasteiger partial charge in [0.2, 0.25) is 5.91 Å². The summed E-state index contributed by atoms with van der Waals surface area (Å²) in [4.78, 5) is 26.0. The maximum Gasteiger partial charge on any atom is 0.251 e. The zero-order chi connectivity index (χ0) is 25.6. The molecule has 0 aliphatic rings. The third-order valence-electron chi connectivity index (χ3n) is 6.39. The Morgan fingerprint density at radius 2 is 1.26 bits per heavy atom. The van der Waals surface area contributed by atoms with Crippen LogP contribution in [0.3, 0.4) is 0 Å². The van der Waals surface area contributed by atoms with Gasteiger partial charge in [0.25, 0.3) is 5.91 Å². The highest BCUT2D eigenvalue weighted by atomic mass is 32.2. The minimum absolute atomic E-state index is 0.0467. The van der Waals surface area contributed by atoms with E-state index < -0.39 is 0 Å². The van der Waals surface area contributed by atoms with Crippen molar-refractivity contribution in [2.24, 2.45) is 0 Å². The van der Waals surface area contributed by atoms with Crippen molar-refractivity contribution in [2.45, 2.75) is 135 Å². The van der Waals surface area contributed by atoms with E-state index in [1.54, 1.807) is 11.8 Å². The van der Waals surface area contributed by atoms with Crippen LogP contribution in [0.1, 0.15) is 140 Å². The average Bonchev–Trinajstić information content (AvgIpc) is 2.85. The summed E-state index contributed by atoms with van der Waals surface area (Å²) in [6.45, 7) is 7.15. The molecule has 0 saturated carbocycles. The van der Waals surface area contributed by atoms with E-state index in [2.05, 4.69) is 31.4 Å². The highest BCUT2D eigenvalue weighted by molar-refractivity contribution is 7.99. The normalized spacial score (nSPS) is 10.9. The van der Waals surface area contributed by atoms with Crippen molar-refractivity contribution in [3.05, 3.63) is 23.8 Å². The largest absolute Gasteiger partial charge is 0.352 e. The summed E-state index contributed by atoms with van der Waals surface area (Å²) < 4.78 is 0. The average molecular weight is 505 g/mol. The number of hydrogen-bond acceptors (Lipinski definition) is 3. The van der Waals surface area contributed by atoms with Crippen LogP contribution in [0.15, 0.2) is 23.1 Å². The second-order valence-corrected chi connectivity index (χ2v) is 11.0. The van der Waals surface area contributed by atoms with E-state index in [1.807, 2.05) is 18.2 Å². The molecule has 200 valence electrons. The Morgan fingerprint density at radius 3 is 1.80 bits per heavy atom. The van der Waals surface area contributed by atoms with Gasteiger partial charge in [0, 0.05) is 23.4 Å². The number of nitrogens with one attached hydrogen (secondary N) is 2. The smallest absolute Gasteiger partial charge is 0.251 e. The fourth-order valence-electron chi connectivity index (χ4n) is 4.22. The lowest BCUT2D eigenvalue weighted by atomic mass is 10.0. The fraction of sp³-hybridized carbons (Fsp3) is 0.733. The van der Waals surface area contributed by atoms with Gasteiger partial charge in [0.1, 0.15) is 0 Å². The first-order valence-corrected chi connectivity index (χ1v) is 15.5. The Kier molecular flexibility index (Phi) is 19.6. The molecule has 1 aromatic rings. The van der Waals surface area contributed by atoms with Crippen LogP contribution in [0.5, 0.6) is 0 Å².